The lowest BCUT2D eigenvalue weighted by Gasteiger charge is -2.28. The van der Waals surface area contributed by atoms with Crippen molar-refractivity contribution in [2.24, 2.45) is 5.92 Å². The van der Waals surface area contributed by atoms with E-state index in [0.717, 1.165) is 12.1 Å². The van der Waals surface area contributed by atoms with Crippen molar-refractivity contribution in [3.8, 4) is 0 Å². The van der Waals surface area contributed by atoms with E-state index in [9.17, 15) is 23.2 Å². The first kappa shape index (κ1) is 17.1. The molecule has 0 heterocycles. The van der Waals surface area contributed by atoms with Crippen LogP contribution in [0.3, 0.4) is 0 Å². The Morgan fingerprint density at radius 1 is 1.26 bits per heavy atom. The molecule has 124 valence electrons. The Kier molecular flexibility index (Phi) is 5.41. The maximum Gasteiger partial charge on any atom is 0.328 e. The average molecular weight is 325 g/mol. The van der Waals surface area contributed by atoms with Gasteiger partial charge < -0.3 is 10.1 Å². The fraction of sp³-hybridized carbons (Fsp3) is 0.438. The lowest BCUT2D eigenvalue weighted by molar-refractivity contribution is -0.145. The van der Waals surface area contributed by atoms with Gasteiger partial charge in [-0.15, -0.1) is 0 Å². The normalized spacial score (nSPS) is 19.1. The van der Waals surface area contributed by atoms with Crippen LogP contribution in [0.5, 0.6) is 0 Å². The van der Waals surface area contributed by atoms with Gasteiger partial charge in [-0.1, -0.05) is 0 Å². The number of halogens is 2. The fourth-order valence-corrected chi connectivity index (χ4v) is 2.75. The van der Waals surface area contributed by atoms with Gasteiger partial charge in [-0.3, -0.25) is 9.59 Å². The summed E-state index contributed by atoms with van der Waals surface area (Å²) in [5, 5.41) is 2.43. The summed E-state index contributed by atoms with van der Waals surface area (Å²) in [6, 6.07) is 1.37. The molecule has 1 N–H and O–H groups in total. The van der Waals surface area contributed by atoms with E-state index < -0.39 is 29.6 Å². The Bertz CT molecular complexity index is 612. The van der Waals surface area contributed by atoms with Gasteiger partial charge in [0, 0.05) is 24.5 Å². The van der Waals surface area contributed by atoms with E-state index in [1.165, 1.54) is 7.11 Å². The standard InChI is InChI=1S/C16H17F2NO4/c1-23-16(22)14(9-3-2-4-13(20)7-9)19-15(21)10-5-11(17)8-12(18)6-10/h5-6,8-9,14H,2-4,7H2,1H3,(H,19,21)/t9-,14+/m1/s1. The predicted octanol–water partition coefficient (Wildman–Crippen LogP) is 2.00. The number of benzene rings is 1. The summed E-state index contributed by atoms with van der Waals surface area (Å²) in [4.78, 5) is 35.7. The zero-order chi connectivity index (χ0) is 17.0. The number of carbonyl (C=O) groups is 3. The SMILES string of the molecule is COC(=O)[C@@H](NC(=O)c1cc(F)cc(F)c1)[C@@H]1CCCC(=O)C1. The number of hydrogen-bond acceptors (Lipinski definition) is 4. The van der Waals surface area contributed by atoms with Crippen LogP contribution in [0.15, 0.2) is 18.2 Å². The van der Waals surface area contributed by atoms with Crippen LogP contribution < -0.4 is 5.32 Å². The molecule has 1 aromatic carbocycles. The molecule has 2 rings (SSSR count). The van der Waals surface area contributed by atoms with Gasteiger partial charge >= 0.3 is 5.97 Å². The summed E-state index contributed by atoms with van der Waals surface area (Å²) in [6.45, 7) is 0. The molecule has 1 saturated carbocycles. The van der Waals surface area contributed by atoms with Crippen LogP contribution in [0.1, 0.15) is 36.0 Å². The van der Waals surface area contributed by atoms with Crippen molar-refractivity contribution in [3.63, 3.8) is 0 Å². The Balaban J connectivity index is 2.18. The first-order valence-electron chi connectivity index (χ1n) is 7.27. The molecule has 1 aliphatic rings. The van der Waals surface area contributed by atoms with Crippen LogP contribution in [0.4, 0.5) is 8.78 Å². The molecular weight excluding hydrogens is 308 g/mol. The number of amides is 1. The third-order valence-corrected chi connectivity index (χ3v) is 3.86. The van der Waals surface area contributed by atoms with E-state index in [2.05, 4.69) is 10.1 Å². The molecular formula is C16H17F2NO4. The largest absolute Gasteiger partial charge is 0.467 e. The van der Waals surface area contributed by atoms with E-state index in [0.29, 0.717) is 25.3 Å². The minimum atomic E-state index is -1.02. The molecule has 0 unspecified atom stereocenters. The summed E-state index contributed by atoms with van der Waals surface area (Å²) < 4.78 is 31.1. The molecule has 1 aliphatic carbocycles. The van der Waals surface area contributed by atoms with Gasteiger partial charge in [-0.05, 0) is 30.9 Å². The van der Waals surface area contributed by atoms with E-state index >= 15 is 0 Å². The van der Waals surface area contributed by atoms with E-state index in [1.807, 2.05) is 0 Å². The molecule has 7 heteroatoms. The Hall–Kier alpha value is -2.31. The highest BCUT2D eigenvalue weighted by molar-refractivity contribution is 5.97. The van der Waals surface area contributed by atoms with Gasteiger partial charge in [0.15, 0.2) is 0 Å². The highest BCUT2D eigenvalue weighted by Gasteiger charge is 2.34. The molecule has 0 aliphatic heterocycles. The number of ketones is 1. The first-order valence-corrected chi connectivity index (χ1v) is 7.27. The van der Waals surface area contributed by atoms with Gasteiger partial charge in [0.05, 0.1) is 7.11 Å². The van der Waals surface area contributed by atoms with Crippen LogP contribution in [-0.2, 0) is 14.3 Å². The van der Waals surface area contributed by atoms with Crippen molar-refractivity contribution in [1.82, 2.24) is 5.32 Å². The summed E-state index contributed by atoms with van der Waals surface area (Å²) in [6.07, 6.45) is 1.83. The summed E-state index contributed by atoms with van der Waals surface area (Å²) in [5.74, 6) is -3.63. The topological polar surface area (TPSA) is 72.5 Å². The Labute approximate surface area is 132 Å². The lowest BCUT2D eigenvalue weighted by atomic mass is 9.83. The quantitative estimate of drug-likeness (QED) is 0.860. The molecule has 0 saturated heterocycles. The second kappa shape index (κ2) is 7.30. The molecule has 1 amide bonds. The number of ether oxygens (including phenoxy) is 1. The van der Waals surface area contributed by atoms with Crippen molar-refractivity contribution < 1.29 is 27.9 Å². The highest BCUT2D eigenvalue weighted by Crippen LogP contribution is 2.25. The number of methoxy groups -OCH3 is 1. The minimum absolute atomic E-state index is 0.0150. The van der Waals surface area contributed by atoms with Gasteiger partial charge in [0.25, 0.3) is 5.91 Å². The second-order valence-electron chi connectivity index (χ2n) is 5.53. The molecule has 23 heavy (non-hydrogen) atoms. The van der Waals surface area contributed by atoms with Gasteiger partial charge in [-0.25, -0.2) is 13.6 Å². The van der Waals surface area contributed by atoms with Gasteiger partial charge in [0.2, 0.25) is 0 Å². The fourth-order valence-electron chi connectivity index (χ4n) is 2.75. The van der Waals surface area contributed by atoms with Crippen molar-refractivity contribution >= 4 is 17.7 Å². The monoisotopic (exact) mass is 325 g/mol. The molecule has 5 nitrogen and oxygen atoms in total. The van der Waals surface area contributed by atoms with Crippen LogP contribution >= 0.6 is 0 Å². The third-order valence-electron chi connectivity index (χ3n) is 3.86. The third kappa shape index (κ3) is 4.34. The number of carbonyl (C=O) groups excluding carboxylic acids is 3. The van der Waals surface area contributed by atoms with Gasteiger partial charge in [-0.2, -0.15) is 0 Å². The van der Waals surface area contributed by atoms with Crippen LogP contribution in [-0.4, -0.2) is 30.8 Å². The van der Waals surface area contributed by atoms with Crippen molar-refractivity contribution in [1.29, 1.82) is 0 Å². The lowest BCUT2D eigenvalue weighted by Crippen LogP contribution is -2.48. The zero-order valence-corrected chi connectivity index (χ0v) is 12.6. The predicted molar refractivity (Wildman–Crippen MR) is 76.6 cm³/mol. The molecule has 2 atom stereocenters. The zero-order valence-electron chi connectivity index (χ0n) is 12.6. The molecule has 1 fully saturated rings. The summed E-state index contributed by atoms with van der Waals surface area (Å²) in [5.41, 5.74) is -0.237. The van der Waals surface area contributed by atoms with Crippen molar-refractivity contribution in [3.05, 3.63) is 35.4 Å². The number of hydrogen-bond donors (Lipinski definition) is 1. The van der Waals surface area contributed by atoms with Crippen molar-refractivity contribution in [2.75, 3.05) is 7.11 Å². The average Bonchev–Trinajstić information content (AvgIpc) is 2.50. The Morgan fingerprint density at radius 2 is 1.91 bits per heavy atom. The number of nitrogens with one attached hydrogen (secondary N) is 1. The van der Waals surface area contributed by atoms with Crippen molar-refractivity contribution in [2.45, 2.75) is 31.7 Å². The maximum absolute atomic E-state index is 13.2. The van der Waals surface area contributed by atoms with Crippen LogP contribution in [0, 0.1) is 17.6 Å². The molecule has 0 spiro atoms. The molecule has 0 radical (unpaired) electrons. The summed E-state index contributed by atoms with van der Waals surface area (Å²) in [7, 11) is 1.17. The van der Waals surface area contributed by atoms with E-state index in [-0.39, 0.29) is 23.7 Å². The first-order chi connectivity index (χ1) is 10.9. The maximum atomic E-state index is 13.2. The minimum Gasteiger partial charge on any atom is -0.467 e. The second-order valence-corrected chi connectivity index (χ2v) is 5.53. The van der Waals surface area contributed by atoms with Gasteiger partial charge in [0.1, 0.15) is 23.5 Å². The Morgan fingerprint density at radius 3 is 2.48 bits per heavy atom. The molecule has 0 aromatic heterocycles. The van der Waals surface area contributed by atoms with E-state index in [1.54, 1.807) is 0 Å². The summed E-state index contributed by atoms with van der Waals surface area (Å²) >= 11 is 0. The number of esters is 1. The van der Waals surface area contributed by atoms with Crippen LogP contribution in [0.2, 0.25) is 0 Å². The van der Waals surface area contributed by atoms with Crippen LogP contribution in [0.25, 0.3) is 0 Å². The molecule has 0 bridgehead atoms. The smallest absolute Gasteiger partial charge is 0.328 e. The van der Waals surface area contributed by atoms with E-state index in [4.69, 9.17) is 0 Å². The number of rotatable bonds is 4. The number of Topliss-reactive ketones (excluding diaryl/α,β-unsaturated/α-hetero) is 1. The highest BCUT2D eigenvalue weighted by atomic mass is 19.1. The molecule has 1 aromatic rings.